The SMILES string of the molecule is NC(=O)CC[C@@H]1NC(=O)[C@@H](NC(=O)[C@@H](N)CCCN=C(N)N)CC(=O)NCCCC[C@@H](C(N)=O)NC(=O)[C@H](Cc2c[nH]c3ccccc23)NC(=O)[C@H](CCCN=C(N)N)NC(=O)[C@@H](Cc2ccccc2)NC1=O. The third-order valence-corrected chi connectivity index (χ3v) is 11.8. The van der Waals surface area contributed by atoms with Gasteiger partial charge in [0, 0.05) is 56.0 Å². The summed E-state index contributed by atoms with van der Waals surface area (Å²) in [5.41, 5.74) is 41.2. The molecule has 2 aromatic carbocycles. The van der Waals surface area contributed by atoms with Crippen LogP contribution in [0.5, 0.6) is 0 Å². The molecule has 0 unspecified atom stereocenters. The Balaban J connectivity index is 1.76. The molecule has 0 bridgehead atoms. The number of benzene rings is 2. The fourth-order valence-corrected chi connectivity index (χ4v) is 7.86. The van der Waals surface area contributed by atoms with Gasteiger partial charge in [-0.25, -0.2) is 0 Å². The highest BCUT2D eigenvalue weighted by Gasteiger charge is 2.35. The van der Waals surface area contributed by atoms with E-state index in [9.17, 15) is 43.2 Å². The minimum atomic E-state index is -1.63. The van der Waals surface area contributed by atoms with Crippen LogP contribution in [0.25, 0.3) is 10.9 Å². The molecular weight excluding hydrogens is 947 g/mol. The molecule has 2 heterocycles. The summed E-state index contributed by atoms with van der Waals surface area (Å²) in [5, 5.41) is 19.2. The number of nitrogens with zero attached hydrogens (tertiary/aromatic N) is 2. The number of aromatic amines is 1. The van der Waals surface area contributed by atoms with E-state index in [4.69, 9.17) is 40.1 Å². The monoisotopic (exact) mass is 1020 g/mol. The van der Waals surface area contributed by atoms with Crippen LogP contribution in [-0.4, -0.2) is 132 Å². The van der Waals surface area contributed by atoms with Gasteiger partial charge in [0.05, 0.1) is 12.5 Å². The maximum absolute atomic E-state index is 14.6. The lowest BCUT2D eigenvalue weighted by atomic mass is 10.0. The molecule has 1 saturated heterocycles. The number of nitrogens with one attached hydrogen (secondary N) is 8. The molecule has 73 heavy (non-hydrogen) atoms. The number of rotatable bonds is 18. The Bertz CT molecular complexity index is 2460. The van der Waals surface area contributed by atoms with E-state index in [1.165, 1.54) is 0 Å². The zero-order valence-corrected chi connectivity index (χ0v) is 40.5. The summed E-state index contributed by atoms with van der Waals surface area (Å²) in [7, 11) is 0. The third-order valence-electron chi connectivity index (χ3n) is 11.8. The summed E-state index contributed by atoms with van der Waals surface area (Å²) in [5.74, 6) is -8.07. The van der Waals surface area contributed by atoms with Crippen molar-refractivity contribution in [3.63, 3.8) is 0 Å². The Morgan fingerprint density at radius 1 is 0.658 bits per heavy atom. The van der Waals surface area contributed by atoms with Crippen molar-refractivity contribution in [3.8, 4) is 0 Å². The van der Waals surface area contributed by atoms with Crippen LogP contribution in [0.1, 0.15) is 75.3 Å². The number of fused-ring (bicyclic) bond motifs is 1. The van der Waals surface area contributed by atoms with E-state index in [2.05, 4.69) is 52.2 Å². The molecule has 1 fully saturated rings. The van der Waals surface area contributed by atoms with Crippen molar-refractivity contribution < 1.29 is 43.2 Å². The van der Waals surface area contributed by atoms with Gasteiger partial charge in [0.15, 0.2) is 11.9 Å². The second-order valence-corrected chi connectivity index (χ2v) is 17.6. The van der Waals surface area contributed by atoms with Crippen molar-refractivity contribution in [1.29, 1.82) is 0 Å². The number of nitrogens with two attached hydrogens (primary N) is 7. The third kappa shape index (κ3) is 19.8. The van der Waals surface area contributed by atoms with Gasteiger partial charge in [-0.05, 0) is 68.6 Å². The number of amides is 9. The lowest BCUT2D eigenvalue weighted by molar-refractivity contribution is -0.136. The maximum atomic E-state index is 14.6. The standard InChI is InChI=1S/C47H69N17O9/c48-29(13-8-20-56-46(51)52)40(68)62-36-24-38(66)55-19-7-6-15-31(39(50)67)59-44(72)35(23-27-25-58-30-14-5-4-12-28(27)30)64-41(69)32(16-9-21-57-47(53)54)60-43(71)34(22-26-10-2-1-3-11-26)63-42(70)33(61-45(36)73)17-18-37(49)65/h1-5,10-12,14,25,29,31-36,58H,6-9,13,15-24,48H2,(H2,49,65)(H2,50,67)(H,55,66)(H,59,72)(H,60,71)(H,61,73)(H,62,68)(H,63,70)(H,64,69)(H4,51,52,56)(H4,53,54,57)/t29-,31-,32-,33-,34+,35-,36-/m0/s1. The largest absolute Gasteiger partial charge is 0.370 e. The maximum Gasteiger partial charge on any atom is 0.243 e. The van der Waals surface area contributed by atoms with Crippen molar-refractivity contribution in [2.24, 2.45) is 50.1 Å². The molecule has 9 amide bonds. The first-order valence-electron chi connectivity index (χ1n) is 23.9. The molecule has 0 saturated carbocycles. The number of hydrogen-bond donors (Lipinski definition) is 15. The molecule has 0 radical (unpaired) electrons. The highest BCUT2D eigenvalue weighted by Crippen LogP contribution is 2.20. The molecule has 26 nitrogen and oxygen atoms in total. The van der Waals surface area contributed by atoms with Gasteiger partial charge >= 0.3 is 0 Å². The fraction of sp³-hybridized carbons (Fsp3) is 0.468. The smallest absolute Gasteiger partial charge is 0.243 e. The molecule has 26 heteroatoms. The number of carbonyl (C=O) groups is 9. The second-order valence-electron chi connectivity index (χ2n) is 17.6. The molecule has 4 rings (SSSR count). The van der Waals surface area contributed by atoms with E-state index in [0.717, 1.165) is 10.9 Å². The van der Waals surface area contributed by atoms with E-state index in [-0.39, 0.29) is 95.8 Å². The van der Waals surface area contributed by atoms with Crippen LogP contribution in [0.4, 0.5) is 0 Å². The van der Waals surface area contributed by atoms with E-state index >= 15 is 0 Å². The van der Waals surface area contributed by atoms with Crippen LogP contribution < -0.4 is 77.4 Å². The molecule has 396 valence electrons. The summed E-state index contributed by atoms with van der Waals surface area (Å²) >= 11 is 0. The number of aliphatic imine (C=N–C) groups is 2. The Morgan fingerprint density at radius 2 is 1.23 bits per heavy atom. The molecule has 1 aromatic heterocycles. The first kappa shape index (κ1) is 57.3. The highest BCUT2D eigenvalue weighted by atomic mass is 16.2. The van der Waals surface area contributed by atoms with E-state index in [1.807, 2.05) is 18.2 Å². The first-order valence-corrected chi connectivity index (χ1v) is 23.9. The fourth-order valence-electron chi connectivity index (χ4n) is 7.86. The predicted molar refractivity (Wildman–Crippen MR) is 271 cm³/mol. The average molecular weight is 1020 g/mol. The van der Waals surface area contributed by atoms with Crippen molar-refractivity contribution in [1.82, 2.24) is 42.2 Å². The summed E-state index contributed by atoms with van der Waals surface area (Å²) in [4.78, 5) is 134. The van der Waals surface area contributed by atoms with Gasteiger partial charge in [-0.2, -0.15) is 0 Å². The van der Waals surface area contributed by atoms with E-state index in [1.54, 1.807) is 42.6 Å². The highest BCUT2D eigenvalue weighted by molar-refractivity contribution is 5.99. The minimum Gasteiger partial charge on any atom is -0.370 e. The van der Waals surface area contributed by atoms with Crippen LogP contribution >= 0.6 is 0 Å². The number of hydrogen-bond acceptors (Lipinski definition) is 12. The van der Waals surface area contributed by atoms with Gasteiger partial charge in [-0.1, -0.05) is 48.5 Å². The lowest BCUT2D eigenvalue weighted by Gasteiger charge is -2.28. The Labute approximate surface area is 421 Å². The molecular formula is C47H69N17O9. The zero-order valence-electron chi connectivity index (χ0n) is 40.5. The normalized spacial score (nSPS) is 21.4. The number of H-pyrrole nitrogens is 1. The van der Waals surface area contributed by atoms with E-state index < -0.39 is 108 Å². The van der Waals surface area contributed by atoms with Crippen LogP contribution in [0.15, 0.2) is 70.8 Å². The number of primary amides is 2. The van der Waals surface area contributed by atoms with Crippen LogP contribution in [-0.2, 0) is 56.0 Å². The summed E-state index contributed by atoms with van der Waals surface area (Å²) in [6.07, 6.45) is 0.944. The minimum absolute atomic E-state index is 0.0160. The predicted octanol–water partition coefficient (Wildman–Crippen LogP) is -4.26. The molecule has 22 N–H and O–H groups in total. The number of aromatic nitrogens is 1. The van der Waals surface area contributed by atoms with Gasteiger partial charge < -0.3 is 82.3 Å². The zero-order chi connectivity index (χ0) is 53.5. The van der Waals surface area contributed by atoms with Crippen molar-refractivity contribution in [3.05, 3.63) is 71.9 Å². The van der Waals surface area contributed by atoms with Crippen LogP contribution in [0.3, 0.4) is 0 Å². The van der Waals surface area contributed by atoms with Gasteiger partial charge in [-0.15, -0.1) is 0 Å². The Hall–Kier alpha value is -8.29. The Morgan fingerprint density at radius 3 is 1.89 bits per heavy atom. The molecule has 0 aliphatic carbocycles. The Kier molecular flexibility index (Phi) is 22.9. The summed E-state index contributed by atoms with van der Waals surface area (Å²) in [6.45, 7) is 0.213. The number of carbonyl (C=O) groups excluding carboxylic acids is 9. The quantitative estimate of drug-likeness (QED) is 0.0326. The van der Waals surface area contributed by atoms with Crippen LogP contribution in [0, 0.1) is 0 Å². The second kappa shape index (κ2) is 29.1. The van der Waals surface area contributed by atoms with Crippen molar-refractivity contribution >= 4 is 76.0 Å². The molecule has 1 aliphatic rings. The lowest BCUT2D eigenvalue weighted by Crippen LogP contribution is -2.60. The molecule has 1 aliphatic heterocycles. The van der Waals surface area contributed by atoms with Gasteiger partial charge in [-0.3, -0.25) is 53.1 Å². The summed E-state index contributed by atoms with van der Waals surface area (Å²) in [6, 6.07) is 5.98. The first-order chi connectivity index (χ1) is 34.8. The van der Waals surface area contributed by atoms with Gasteiger partial charge in [0.2, 0.25) is 53.2 Å². The molecule has 3 aromatic rings. The molecule has 0 spiro atoms. The topological polar surface area (TPSA) is 460 Å². The summed E-state index contributed by atoms with van der Waals surface area (Å²) < 4.78 is 0. The van der Waals surface area contributed by atoms with E-state index in [0.29, 0.717) is 11.1 Å². The molecule has 7 atom stereocenters. The van der Waals surface area contributed by atoms with Gasteiger partial charge in [0.1, 0.15) is 36.3 Å². The number of guanidine groups is 2. The average Bonchev–Trinajstić information content (AvgIpc) is 3.75. The van der Waals surface area contributed by atoms with Gasteiger partial charge in [0.25, 0.3) is 0 Å². The van der Waals surface area contributed by atoms with Crippen LogP contribution in [0.2, 0.25) is 0 Å². The number of para-hydroxylation sites is 1. The van der Waals surface area contributed by atoms with Crippen molar-refractivity contribution in [2.45, 2.75) is 119 Å². The van der Waals surface area contributed by atoms with Crippen molar-refractivity contribution in [2.75, 3.05) is 19.6 Å².